The lowest BCUT2D eigenvalue weighted by Gasteiger charge is -2.45. The summed E-state index contributed by atoms with van der Waals surface area (Å²) in [6, 6.07) is 21.3. The Morgan fingerprint density at radius 2 is 1.58 bits per heavy atom. The maximum Gasteiger partial charge on any atom is 0.331 e. The summed E-state index contributed by atoms with van der Waals surface area (Å²) in [7, 11) is -2.68. The van der Waals surface area contributed by atoms with Crippen molar-refractivity contribution in [1.82, 2.24) is 0 Å². The first-order valence-electron chi connectivity index (χ1n) is 10.9. The number of benzene rings is 2. The summed E-state index contributed by atoms with van der Waals surface area (Å²) in [5, 5.41) is 2.39. The Morgan fingerprint density at radius 1 is 1.06 bits per heavy atom. The van der Waals surface area contributed by atoms with Crippen molar-refractivity contribution in [3.05, 3.63) is 85.0 Å². The third-order valence-electron chi connectivity index (χ3n) is 6.09. The molecule has 2 atom stereocenters. The summed E-state index contributed by atoms with van der Waals surface area (Å²) in [6.07, 6.45) is 4.64. The molecule has 2 aromatic carbocycles. The van der Waals surface area contributed by atoms with Crippen LogP contribution in [-0.4, -0.2) is 26.0 Å². The minimum Gasteiger partial charge on any atom is -0.452 e. The van der Waals surface area contributed by atoms with Crippen LogP contribution in [0.5, 0.6) is 0 Å². The Balaban J connectivity index is 2.03. The highest BCUT2D eigenvalue weighted by Crippen LogP contribution is 2.39. The first-order chi connectivity index (χ1) is 14.6. The van der Waals surface area contributed by atoms with Crippen LogP contribution in [-0.2, 0) is 14.0 Å². The van der Waals surface area contributed by atoms with Crippen LogP contribution in [0.2, 0.25) is 5.04 Å². The fourth-order valence-electron chi connectivity index (χ4n) is 4.40. The summed E-state index contributed by atoms with van der Waals surface area (Å²) in [6.45, 7) is 15.1. The van der Waals surface area contributed by atoms with Crippen LogP contribution in [0.15, 0.2) is 85.0 Å². The van der Waals surface area contributed by atoms with E-state index in [1.165, 1.54) is 16.4 Å². The molecule has 0 amide bonds. The Hall–Kier alpha value is -2.43. The lowest BCUT2D eigenvalue weighted by Crippen LogP contribution is -2.67. The highest BCUT2D eigenvalue weighted by Gasteiger charge is 2.51. The second-order valence-electron chi connectivity index (χ2n) is 9.72. The minimum absolute atomic E-state index is 0.104. The highest BCUT2D eigenvalue weighted by atomic mass is 28.4. The first-order valence-corrected chi connectivity index (χ1v) is 12.8. The van der Waals surface area contributed by atoms with E-state index in [0.717, 1.165) is 12.0 Å². The van der Waals surface area contributed by atoms with E-state index in [2.05, 4.69) is 75.9 Å². The maximum absolute atomic E-state index is 11.6. The lowest BCUT2D eigenvalue weighted by molar-refractivity contribution is -0.145. The number of carbonyl (C=O) groups excluding carboxylic acids is 1. The van der Waals surface area contributed by atoms with Crippen LogP contribution in [0.4, 0.5) is 0 Å². The molecular formula is C27H34O3Si. The van der Waals surface area contributed by atoms with Gasteiger partial charge in [-0.1, -0.05) is 93.6 Å². The molecule has 1 heterocycles. The molecule has 0 saturated heterocycles. The average molecular weight is 435 g/mol. The molecule has 0 aromatic heterocycles. The largest absolute Gasteiger partial charge is 0.452 e. The second-order valence-corrected chi connectivity index (χ2v) is 14.0. The number of hydrogen-bond acceptors (Lipinski definition) is 3. The predicted molar refractivity (Wildman–Crippen MR) is 130 cm³/mol. The number of rotatable bonds is 8. The Morgan fingerprint density at radius 3 is 1.97 bits per heavy atom. The number of ether oxygens (including phenoxy) is 1. The van der Waals surface area contributed by atoms with Gasteiger partial charge in [-0.05, 0) is 48.2 Å². The highest BCUT2D eigenvalue weighted by molar-refractivity contribution is 6.99. The van der Waals surface area contributed by atoms with Gasteiger partial charge in [-0.25, -0.2) is 4.79 Å². The molecule has 2 unspecified atom stereocenters. The van der Waals surface area contributed by atoms with E-state index in [1.54, 1.807) is 0 Å². The molecule has 3 nitrogen and oxygen atoms in total. The molecule has 4 heteroatoms. The van der Waals surface area contributed by atoms with Crippen molar-refractivity contribution in [2.75, 3.05) is 0 Å². The molecule has 164 valence electrons. The van der Waals surface area contributed by atoms with Crippen molar-refractivity contribution in [3.8, 4) is 0 Å². The standard InChI is InChI=1S/C27H34O3Si/c1-21(2)24(17-19-27(6)20-18-25(28)29-27)30-31(26(3,4)5,22-13-9-7-10-14-22)23-15-11-8-12-16-23/h7-16,18,20,24H,1,17,19H2,2-6H3. The Bertz CT molecular complexity index is 904. The van der Waals surface area contributed by atoms with Gasteiger partial charge >= 0.3 is 5.97 Å². The van der Waals surface area contributed by atoms with Gasteiger partial charge in [-0.3, -0.25) is 0 Å². The van der Waals surface area contributed by atoms with Crippen LogP contribution in [0.1, 0.15) is 47.5 Å². The van der Waals surface area contributed by atoms with Crippen molar-refractivity contribution < 1.29 is 14.0 Å². The Kier molecular flexibility index (Phi) is 6.72. The first kappa shape index (κ1) is 23.2. The van der Waals surface area contributed by atoms with E-state index in [-0.39, 0.29) is 17.1 Å². The zero-order valence-corrected chi connectivity index (χ0v) is 20.4. The minimum atomic E-state index is -2.68. The summed E-state index contributed by atoms with van der Waals surface area (Å²) < 4.78 is 12.8. The fourth-order valence-corrected chi connectivity index (χ4v) is 9.17. The van der Waals surface area contributed by atoms with Gasteiger partial charge in [0.05, 0.1) is 6.10 Å². The van der Waals surface area contributed by atoms with Gasteiger partial charge in [-0.2, -0.15) is 0 Å². The molecule has 0 N–H and O–H groups in total. The molecule has 2 aromatic rings. The SMILES string of the molecule is C=C(C)C(CCC1(C)C=CC(=O)O1)O[Si](c1ccccc1)(c1ccccc1)C(C)(C)C. The van der Waals surface area contributed by atoms with Gasteiger partial charge in [0.1, 0.15) is 5.60 Å². The monoisotopic (exact) mass is 434 g/mol. The molecule has 3 rings (SSSR count). The average Bonchev–Trinajstić information content (AvgIpc) is 3.07. The number of carbonyl (C=O) groups is 1. The number of esters is 1. The molecule has 31 heavy (non-hydrogen) atoms. The van der Waals surface area contributed by atoms with Crippen LogP contribution >= 0.6 is 0 Å². The molecule has 0 spiro atoms. The summed E-state index contributed by atoms with van der Waals surface area (Å²) in [4.78, 5) is 11.6. The molecule has 0 radical (unpaired) electrons. The van der Waals surface area contributed by atoms with Gasteiger partial charge in [0, 0.05) is 6.08 Å². The maximum atomic E-state index is 11.6. The van der Waals surface area contributed by atoms with Crippen molar-refractivity contribution >= 4 is 24.7 Å². The lowest BCUT2D eigenvalue weighted by atomic mass is 9.96. The van der Waals surface area contributed by atoms with Crippen LogP contribution < -0.4 is 10.4 Å². The van der Waals surface area contributed by atoms with Gasteiger partial charge in [0.2, 0.25) is 0 Å². The molecule has 0 saturated carbocycles. The van der Waals surface area contributed by atoms with Crippen LogP contribution in [0.3, 0.4) is 0 Å². The van der Waals surface area contributed by atoms with E-state index in [1.807, 2.05) is 32.1 Å². The van der Waals surface area contributed by atoms with Gasteiger partial charge in [-0.15, -0.1) is 0 Å². The van der Waals surface area contributed by atoms with Gasteiger partial charge < -0.3 is 9.16 Å². The van der Waals surface area contributed by atoms with E-state index >= 15 is 0 Å². The summed E-state index contributed by atoms with van der Waals surface area (Å²) in [5.41, 5.74) is 0.407. The van der Waals surface area contributed by atoms with Gasteiger partial charge in [0.25, 0.3) is 8.32 Å². The molecule has 0 fully saturated rings. The van der Waals surface area contributed by atoms with Crippen LogP contribution in [0.25, 0.3) is 0 Å². The van der Waals surface area contributed by atoms with Gasteiger partial charge in [0.15, 0.2) is 0 Å². The molecule has 0 aliphatic carbocycles. The van der Waals surface area contributed by atoms with Crippen molar-refractivity contribution in [3.63, 3.8) is 0 Å². The van der Waals surface area contributed by atoms with Crippen molar-refractivity contribution in [2.24, 2.45) is 0 Å². The summed E-state index contributed by atoms with van der Waals surface area (Å²) in [5.74, 6) is -0.276. The quantitative estimate of drug-likeness (QED) is 0.327. The topological polar surface area (TPSA) is 35.5 Å². The van der Waals surface area contributed by atoms with E-state index in [0.29, 0.717) is 6.42 Å². The normalized spacial score (nSPS) is 19.8. The third-order valence-corrected chi connectivity index (χ3v) is 11.1. The zero-order chi connectivity index (χ0) is 22.7. The van der Waals surface area contributed by atoms with Crippen molar-refractivity contribution in [1.29, 1.82) is 0 Å². The second kappa shape index (κ2) is 8.97. The van der Waals surface area contributed by atoms with E-state index in [9.17, 15) is 4.79 Å². The molecular weight excluding hydrogens is 400 g/mol. The molecule has 1 aliphatic rings. The molecule has 1 aliphatic heterocycles. The number of cyclic esters (lactones) is 1. The number of hydrogen-bond donors (Lipinski definition) is 0. The predicted octanol–water partition coefficient (Wildman–Crippen LogP) is 5.16. The van der Waals surface area contributed by atoms with Crippen molar-refractivity contribution in [2.45, 2.75) is 64.2 Å². The van der Waals surface area contributed by atoms with Crippen LogP contribution in [0, 0.1) is 0 Å². The molecule has 0 bridgehead atoms. The Labute approximate surface area is 187 Å². The smallest absolute Gasteiger partial charge is 0.331 e. The third kappa shape index (κ3) is 4.91. The zero-order valence-electron chi connectivity index (χ0n) is 19.4. The summed E-state index contributed by atoms with van der Waals surface area (Å²) >= 11 is 0. The van der Waals surface area contributed by atoms with E-state index < -0.39 is 13.9 Å². The van der Waals surface area contributed by atoms with E-state index in [4.69, 9.17) is 9.16 Å². The fraction of sp³-hybridized carbons (Fsp3) is 0.370.